The summed E-state index contributed by atoms with van der Waals surface area (Å²) < 4.78 is 10.7. The number of fused-ring (bicyclic) bond motifs is 1. The van der Waals surface area contributed by atoms with Gasteiger partial charge in [0.2, 0.25) is 0 Å². The van der Waals surface area contributed by atoms with Crippen LogP contribution in [0.15, 0.2) is 39.1 Å². The van der Waals surface area contributed by atoms with Crippen LogP contribution in [0.3, 0.4) is 0 Å². The summed E-state index contributed by atoms with van der Waals surface area (Å²) in [5, 5.41) is 11.0. The molecule has 0 unspecified atom stereocenters. The van der Waals surface area contributed by atoms with E-state index in [2.05, 4.69) is 0 Å². The van der Waals surface area contributed by atoms with Gasteiger partial charge in [0.25, 0.3) is 0 Å². The Labute approximate surface area is 140 Å². The highest BCUT2D eigenvalue weighted by atomic mass is 16.5. The topological polar surface area (TPSA) is 76.7 Å². The molecule has 128 valence electrons. The normalized spacial score (nSPS) is 12.0. The first-order chi connectivity index (χ1) is 11.3. The Kier molecular flexibility index (Phi) is 5.44. The second-order valence-corrected chi connectivity index (χ2v) is 5.91. The van der Waals surface area contributed by atoms with Crippen molar-refractivity contribution in [2.75, 3.05) is 0 Å². The number of carbonyl (C=O) groups is 1. The molecular formula is C19H22O5. The van der Waals surface area contributed by atoms with Gasteiger partial charge in [0.1, 0.15) is 17.4 Å². The molecule has 2 aromatic rings. The Hall–Kier alpha value is -2.56. The molecule has 1 heterocycles. The van der Waals surface area contributed by atoms with Crippen molar-refractivity contribution in [2.24, 2.45) is 0 Å². The maximum atomic E-state index is 12.1. The van der Waals surface area contributed by atoms with Crippen molar-refractivity contribution in [2.45, 2.75) is 46.6 Å². The number of aromatic hydroxyl groups is 1. The minimum absolute atomic E-state index is 0.117. The monoisotopic (exact) mass is 330 g/mol. The van der Waals surface area contributed by atoms with E-state index in [0.29, 0.717) is 10.9 Å². The van der Waals surface area contributed by atoms with E-state index >= 15 is 0 Å². The zero-order valence-electron chi connectivity index (χ0n) is 14.4. The number of hydrogen-bond acceptors (Lipinski definition) is 5. The molecule has 0 bridgehead atoms. The van der Waals surface area contributed by atoms with Crippen LogP contribution >= 0.6 is 0 Å². The molecule has 1 aromatic carbocycles. The van der Waals surface area contributed by atoms with Crippen LogP contribution in [0.5, 0.6) is 5.75 Å². The molecule has 0 fully saturated rings. The summed E-state index contributed by atoms with van der Waals surface area (Å²) in [6.07, 6.45) is 1.84. The first-order valence-corrected chi connectivity index (χ1v) is 7.95. The summed E-state index contributed by atoms with van der Waals surface area (Å²) in [5.41, 5.74) is 1.55. The lowest BCUT2D eigenvalue weighted by Gasteiger charge is -2.16. The molecule has 0 aliphatic heterocycles. The average molecular weight is 330 g/mol. The Morgan fingerprint density at radius 2 is 2.08 bits per heavy atom. The summed E-state index contributed by atoms with van der Waals surface area (Å²) in [6, 6.07) is 5.06. The largest absolute Gasteiger partial charge is 0.507 e. The van der Waals surface area contributed by atoms with Gasteiger partial charge >= 0.3 is 11.6 Å². The second-order valence-electron chi connectivity index (χ2n) is 5.91. The molecule has 0 spiro atoms. The van der Waals surface area contributed by atoms with Crippen molar-refractivity contribution in [1.29, 1.82) is 0 Å². The number of carbonyl (C=O) groups excluding carboxylic acids is 1. The molecule has 5 heteroatoms. The first-order valence-electron chi connectivity index (χ1n) is 7.95. The third-order valence-electron chi connectivity index (χ3n) is 3.78. The smallest absolute Gasteiger partial charge is 0.343 e. The number of rotatable bonds is 5. The molecule has 1 atom stereocenters. The van der Waals surface area contributed by atoms with E-state index in [1.165, 1.54) is 0 Å². The van der Waals surface area contributed by atoms with E-state index in [-0.39, 0.29) is 35.7 Å². The van der Waals surface area contributed by atoms with Crippen molar-refractivity contribution in [3.63, 3.8) is 0 Å². The second kappa shape index (κ2) is 7.34. The molecule has 0 amide bonds. The third kappa shape index (κ3) is 3.67. The molecule has 5 nitrogen and oxygen atoms in total. The van der Waals surface area contributed by atoms with Gasteiger partial charge in [-0.15, -0.1) is 0 Å². The third-order valence-corrected chi connectivity index (χ3v) is 3.78. The van der Waals surface area contributed by atoms with E-state index < -0.39 is 11.7 Å². The average Bonchev–Trinajstić information content (AvgIpc) is 2.53. The Balaban J connectivity index is 2.61. The molecule has 24 heavy (non-hydrogen) atoms. The molecule has 0 saturated carbocycles. The van der Waals surface area contributed by atoms with Crippen molar-refractivity contribution in [3.8, 4) is 5.75 Å². The molecule has 1 aromatic heterocycles. The van der Waals surface area contributed by atoms with E-state index in [4.69, 9.17) is 9.15 Å². The number of benzene rings is 1. The molecule has 0 aliphatic rings. The van der Waals surface area contributed by atoms with Gasteiger partial charge in [-0.3, -0.25) is 4.79 Å². The standard InChI is InChI=1S/C19H22O5/c1-5-16(20)23-12(4)13-7-6-8-15-17(13)18(21)14(19(22)24-15)10-9-11(2)3/h6-9,12,21H,5,10H2,1-4H3/t12-/m1/s1. The van der Waals surface area contributed by atoms with E-state index in [0.717, 1.165) is 5.57 Å². The van der Waals surface area contributed by atoms with Gasteiger partial charge in [-0.1, -0.05) is 30.7 Å². The molecule has 0 saturated heterocycles. The summed E-state index contributed by atoms with van der Waals surface area (Å²) >= 11 is 0. The van der Waals surface area contributed by atoms with Crippen LogP contribution in [-0.4, -0.2) is 11.1 Å². The lowest BCUT2D eigenvalue weighted by Crippen LogP contribution is -2.11. The highest BCUT2D eigenvalue weighted by Gasteiger charge is 2.20. The van der Waals surface area contributed by atoms with Crippen LogP contribution < -0.4 is 5.63 Å². The van der Waals surface area contributed by atoms with Gasteiger partial charge in [-0.25, -0.2) is 4.79 Å². The van der Waals surface area contributed by atoms with Crippen molar-refractivity contribution in [1.82, 2.24) is 0 Å². The molecule has 2 rings (SSSR count). The van der Waals surface area contributed by atoms with Gasteiger partial charge in [0.05, 0.1) is 10.9 Å². The van der Waals surface area contributed by atoms with Crippen molar-refractivity contribution >= 4 is 16.9 Å². The van der Waals surface area contributed by atoms with E-state index in [1.54, 1.807) is 32.0 Å². The first kappa shape index (κ1) is 17.8. The lowest BCUT2D eigenvalue weighted by molar-refractivity contribution is -0.148. The fourth-order valence-corrected chi connectivity index (χ4v) is 2.46. The van der Waals surface area contributed by atoms with Crippen LogP contribution in [0.25, 0.3) is 11.0 Å². The van der Waals surface area contributed by atoms with E-state index in [9.17, 15) is 14.7 Å². The van der Waals surface area contributed by atoms with Crippen LogP contribution in [0.4, 0.5) is 0 Å². The highest BCUT2D eigenvalue weighted by Crippen LogP contribution is 2.34. The molecule has 1 N–H and O–H groups in total. The number of allylic oxidation sites excluding steroid dienone is 2. The Bertz CT molecular complexity index is 841. The molecular weight excluding hydrogens is 308 g/mol. The number of hydrogen-bond donors (Lipinski definition) is 1. The zero-order chi connectivity index (χ0) is 17.9. The van der Waals surface area contributed by atoms with Crippen molar-refractivity contribution < 1.29 is 19.1 Å². The van der Waals surface area contributed by atoms with Crippen LogP contribution in [0, 0.1) is 0 Å². The minimum Gasteiger partial charge on any atom is -0.507 e. The van der Waals surface area contributed by atoms with Gasteiger partial charge < -0.3 is 14.3 Å². The number of ether oxygens (including phenoxy) is 1. The predicted molar refractivity (Wildman–Crippen MR) is 92.1 cm³/mol. The maximum Gasteiger partial charge on any atom is 0.343 e. The summed E-state index contributed by atoms with van der Waals surface area (Å²) in [5.74, 6) is -0.449. The SMILES string of the molecule is CCC(=O)O[C@H](C)c1cccc2oc(=O)c(CC=C(C)C)c(O)c12. The summed E-state index contributed by atoms with van der Waals surface area (Å²) in [4.78, 5) is 23.7. The van der Waals surface area contributed by atoms with Gasteiger partial charge in [0, 0.05) is 18.4 Å². The van der Waals surface area contributed by atoms with Gasteiger partial charge in [-0.05, 0) is 26.8 Å². The zero-order valence-corrected chi connectivity index (χ0v) is 14.4. The van der Waals surface area contributed by atoms with Crippen LogP contribution in [0.2, 0.25) is 0 Å². The highest BCUT2D eigenvalue weighted by molar-refractivity contribution is 5.88. The van der Waals surface area contributed by atoms with Crippen LogP contribution in [0.1, 0.15) is 51.3 Å². The minimum atomic E-state index is -0.562. The quantitative estimate of drug-likeness (QED) is 0.509. The number of esters is 1. The van der Waals surface area contributed by atoms with E-state index in [1.807, 2.05) is 19.9 Å². The molecule has 0 aliphatic carbocycles. The predicted octanol–water partition coefficient (Wildman–Crippen LogP) is 4.02. The fraction of sp³-hybridized carbons (Fsp3) is 0.368. The summed E-state index contributed by atoms with van der Waals surface area (Å²) in [7, 11) is 0. The molecule has 0 radical (unpaired) electrons. The van der Waals surface area contributed by atoms with Gasteiger partial charge in [-0.2, -0.15) is 0 Å². The van der Waals surface area contributed by atoms with Crippen LogP contribution in [-0.2, 0) is 16.0 Å². The van der Waals surface area contributed by atoms with Crippen molar-refractivity contribution in [3.05, 3.63) is 51.4 Å². The lowest BCUT2D eigenvalue weighted by atomic mass is 10.0. The fourth-order valence-electron chi connectivity index (χ4n) is 2.46. The Morgan fingerprint density at radius 3 is 2.71 bits per heavy atom. The maximum absolute atomic E-state index is 12.1. The summed E-state index contributed by atoms with van der Waals surface area (Å²) in [6.45, 7) is 7.27. The Morgan fingerprint density at radius 1 is 1.38 bits per heavy atom. The van der Waals surface area contributed by atoms with Gasteiger partial charge in [0.15, 0.2) is 0 Å².